The monoisotopic (exact) mass is 248 g/mol. The van der Waals surface area contributed by atoms with E-state index in [-0.39, 0.29) is 29.8 Å². The average Bonchev–Trinajstić information content (AvgIpc) is 2.16. The van der Waals surface area contributed by atoms with Crippen LogP contribution >= 0.6 is 11.6 Å². The summed E-state index contributed by atoms with van der Waals surface area (Å²) >= 11 is 5.42. The fourth-order valence-electron chi connectivity index (χ4n) is 1.57. The van der Waals surface area contributed by atoms with Crippen LogP contribution in [0.1, 0.15) is 20.3 Å². The number of rotatable bonds is 2. The van der Waals surface area contributed by atoms with Gasteiger partial charge in [0.2, 0.25) is 5.91 Å². The highest BCUT2D eigenvalue weighted by Crippen LogP contribution is 2.18. The van der Waals surface area contributed by atoms with Crippen molar-refractivity contribution in [1.82, 2.24) is 10.2 Å². The van der Waals surface area contributed by atoms with Gasteiger partial charge in [-0.15, -0.1) is 11.6 Å². The molecule has 0 aromatic rings. The first-order valence-corrected chi connectivity index (χ1v) is 5.76. The lowest BCUT2D eigenvalue weighted by molar-refractivity contribution is -0.120. The lowest BCUT2D eigenvalue weighted by atomic mass is 10.0. The van der Waals surface area contributed by atoms with E-state index in [1.54, 1.807) is 4.90 Å². The van der Waals surface area contributed by atoms with Gasteiger partial charge in [0.15, 0.2) is 0 Å². The summed E-state index contributed by atoms with van der Waals surface area (Å²) in [4.78, 5) is 24.6. The molecule has 16 heavy (non-hydrogen) atoms. The standard InChI is InChI=1S/C10H17ClN2O3/c1-10(2)7-16-6-5-13(10)9(15)12-8(14)3-4-11/h3-7H2,1-2H3,(H,12,14,15). The lowest BCUT2D eigenvalue weighted by Crippen LogP contribution is -2.59. The first-order valence-electron chi connectivity index (χ1n) is 5.22. The molecule has 0 aliphatic carbocycles. The molecule has 0 radical (unpaired) electrons. The fraction of sp³-hybridized carbons (Fsp3) is 0.800. The zero-order valence-corrected chi connectivity index (χ0v) is 10.3. The van der Waals surface area contributed by atoms with Crippen LogP contribution in [0.15, 0.2) is 0 Å². The van der Waals surface area contributed by atoms with Gasteiger partial charge < -0.3 is 9.64 Å². The van der Waals surface area contributed by atoms with Crippen LogP contribution < -0.4 is 5.32 Å². The molecule has 1 N–H and O–H groups in total. The van der Waals surface area contributed by atoms with Gasteiger partial charge in [0.05, 0.1) is 18.8 Å². The number of urea groups is 1. The highest BCUT2D eigenvalue weighted by molar-refractivity contribution is 6.19. The van der Waals surface area contributed by atoms with Gasteiger partial charge in [-0.3, -0.25) is 10.1 Å². The van der Waals surface area contributed by atoms with Crippen molar-refractivity contribution in [3.05, 3.63) is 0 Å². The summed E-state index contributed by atoms with van der Waals surface area (Å²) in [6.45, 7) is 5.27. The number of amides is 3. The minimum Gasteiger partial charge on any atom is -0.377 e. The van der Waals surface area contributed by atoms with E-state index >= 15 is 0 Å². The number of morpholine rings is 1. The van der Waals surface area contributed by atoms with E-state index in [2.05, 4.69) is 5.32 Å². The normalized spacial score (nSPS) is 19.3. The molecule has 0 aromatic heterocycles. The molecule has 1 rings (SSSR count). The molecule has 1 saturated heterocycles. The number of nitrogens with one attached hydrogen (secondary N) is 1. The molecule has 5 nitrogen and oxygen atoms in total. The maximum absolute atomic E-state index is 11.8. The Morgan fingerprint density at radius 3 is 2.75 bits per heavy atom. The zero-order valence-electron chi connectivity index (χ0n) is 9.59. The third-order valence-electron chi connectivity index (χ3n) is 2.46. The van der Waals surface area contributed by atoms with Crippen molar-refractivity contribution in [3.8, 4) is 0 Å². The molecule has 0 spiro atoms. The van der Waals surface area contributed by atoms with Crippen LogP contribution in [-0.4, -0.2) is 48.0 Å². The van der Waals surface area contributed by atoms with Gasteiger partial charge in [-0.1, -0.05) is 0 Å². The number of carbonyl (C=O) groups is 2. The summed E-state index contributed by atoms with van der Waals surface area (Å²) in [5.41, 5.74) is -0.385. The second-order valence-corrected chi connectivity index (χ2v) is 4.69. The van der Waals surface area contributed by atoms with E-state index < -0.39 is 0 Å². The predicted molar refractivity (Wildman–Crippen MR) is 60.5 cm³/mol. The second-order valence-electron chi connectivity index (χ2n) is 4.31. The Morgan fingerprint density at radius 2 is 2.19 bits per heavy atom. The lowest BCUT2D eigenvalue weighted by Gasteiger charge is -2.41. The van der Waals surface area contributed by atoms with E-state index in [1.165, 1.54) is 0 Å². The molecular weight excluding hydrogens is 232 g/mol. The van der Waals surface area contributed by atoms with E-state index in [0.29, 0.717) is 19.8 Å². The van der Waals surface area contributed by atoms with Crippen LogP contribution in [0.4, 0.5) is 4.79 Å². The highest BCUT2D eigenvalue weighted by Gasteiger charge is 2.34. The molecule has 0 aromatic carbocycles. The van der Waals surface area contributed by atoms with Crippen LogP contribution in [0, 0.1) is 0 Å². The number of hydrogen-bond acceptors (Lipinski definition) is 3. The van der Waals surface area contributed by atoms with Gasteiger partial charge in [0.25, 0.3) is 0 Å². The first kappa shape index (κ1) is 13.3. The van der Waals surface area contributed by atoms with Crippen LogP contribution in [0.5, 0.6) is 0 Å². The van der Waals surface area contributed by atoms with E-state index in [1.807, 2.05) is 13.8 Å². The summed E-state index contributed by atoms with van der Waals surface area (Å²) in [6.07, 6.45) is 0.151. The van der Waals surface area contributed by atoms with Crippen LogP contribution in [0.25, 0.3) is 0 Å². The molecule has 1 aliphatic rings. The number of hydrogen-bond donors (Lipinski definition) is 1. The van der Waals surface area contributed by atoms with Gasteiger partial charge >= 0.3 is 6.03 Å². The van der Waals surface area contributed by atoms with Crippen molar-refractivity contribution in [2.24, 2.45) is 0 Å². The topological polar surface area (TPSA) is 58.6 Å². The summed E-state index contributed by atoms with van der Waals surface area (Å²) < 4.78 is 5.29. The zero-order chi connectivity index (χ0) is 12.2. The molecule has 1 heterocycles. The molecule has 1 fully saturated rings. The number of imide groups is 1. The Labute approximate surface area is 100 Å². The molecule has 1 aliphatic heterocycles. The molecule has 3 amide bonds. The van der Waals surface area contributed by atoms with Crippen molar-refractivity contribution in [3.63, 3.8) is 0 Å². The van der Waals surface area contributed by atoms with Crippen molar-refractivity contribution in [1.29, 1.82) is 0 Å². The molecule has 0 atom stereocenters. The third kappa shape index (κ3) is 3.35. The van der Waals surface area contributed by atoms with Gasteiger partial charge in [0, 0.05) is 18.8 Å². The van der Waals surface area contributed by atoms with E-state index in [4.69, 9.17) is 16.3 Å². The SMILES string of the molecule is CC1(C)COCCN1C(=O)NC(=O)CCCl. The Kier molecular flexibility index (Phi) is 4.56. The fourth-order valence-corrected chi connectivity index (χ4v) is 1.74. The Bertz CT molecular complexity index is 281. The maximum atomic E-state index is 11.8. The predicted octanol–water partition coefficient (Wildman–Crippen LogP) is 0.962. The van der Waals surface area contributed by atoms with Crippen LogP contribution in [0.3, 0.4) is 0 Å². The summed E-state index contributed by atoms with van der Waals surface area (Å²) in [5.74, 6) is -0.131. The summed E-state index contributed by atoms with van der Waals surface area (Å²) in [5, 5.41) is 2.31. The smallest absolute Gasteiger partial charge is 0.324 e. The maximum Gasteiger partial charge on any atom is 0.324 e. The molecule has 0 unspecified atom stereocenters. The van der Waals surface area contributed by atoms with Crippen LogP contribution in [0.2, 0.25) is 0 Å². The van der Waals surface area contributed by atoms with Crippen LogP contribution in [-0.2, 0) is 9.53 Å². The molecule has 6 heteroatoms. The molecular formula is C10H17ClN2O3. The molecule has 0 bridgehead atoms. The largest absolute Gasteiger partial charge is 0.377 e. The minimum absolute atomic E-state index is 0.151. The Morgan fingerprint density at radius 1 is 1.50 bits per heavy atom. The number of halogens is 1. The van der Waals surface area contributed by atoms with Gasteiger partial charge in [-0.05, 0) is 13.8 Å². The van der Waals surface area contributed by atoms with Gasteiger partial charge in [0.1, 0.15) is 0 Å². The molecule has 92 valence electrons. The van der Waals surface area contributed by atoms with Gasteiger partial charge in [-0.2, -0.15) is 0 Å². The van der Waals surface area contributed by atoms with Crippen molar-refractivity contribution < 1.29 is 14.3 Å². The van der Waals surface area contributed by atoms with E-state index in [0.717, 1.165) is 0 Å². The first-order chi connectivity index (χ1) is 7.47. The second kappa shape index (κ2) is 5.50. The Hall–Kier alpha value is -0.810. The van der Waals surface area contributed by atoms with Crippen molar-refractivity contribution in [2.75, 3.05) is 25.6 Å². The Balaban J connectivity index is 2.55. The van der Waals surface area contributed by atoms with Gasteiger partial charge in [-0.25, -0.2) is 4.79 Å². The van der Waals surface area contributed by atoms with Crippen molar-refractivity contribution >= 4 is 23.5 Å². The molecule has 0 saturated carbocycles. The number of nitrogens with zero attached hydrogens (tertiary/aromatic N) is 1. The number of ether oxygens (including phenoxy) is 1. The highest BCUT2D eigenvalue weighted by atomic mass is 35.5. The summed E-state index contributed by atoms with van der Waals surface area (Å²) in [6, 6.07) is -0.372. The van der Waals surface area contributed by atoms with E-state index in [9.17, 15) is 9.59 Å². The third-order valence-corrected chi connectivity index (χ3v) is 2.65. The number of alkyl halides is 1. The number of carbonyl (C=O) groups excluding carboxylic acids is 2. The summed E-state index contributed by atoms with van der Waals surface area (Å²) in [7, 11) is 0. The quantitative estimate of drug-likeness (QED) is 0.741. The van der Waals surface area contributed by atoms with Crippen molar-refractivity contribution in [2.45, 2.75) is 25.8 Å². The minimum atomic E-state index is -0.385. The average molecular weight is 249 g/mol.